The number of H-pyrrole nitrogens is 1. The van der Waals surface area contributed by atoms with Crippen LogP contribution in [0.3, 0.4) is 0 Å². The number of aromatic nitrogens is 2. The predicted molar refractivity (Wildman–Crippen MR) is 79.0 cm³/mol. The van der Waals surface area contributed by atoms with Crippen molar-refractivity contribution < 1.29 is 9.18 Å². The number of rotatable bonds is 1. The quantitative estimate of drug-likeness (QED) is 0.672. The zero-order valence-corrected chi connectivity index (χ0v) is 10.9. The number of nitrogens with zero attached hydrogens (tertiary/aromatic N) is 1. The van der Waals surface area contributed by atoms with Crippen LogP contribution < -0.4 is 5.32 Å². The molecule has 0 fully saturated rings. The number of nitrogens with one attached hydrogen (secondary N) is 2. The lowest BCUT2D eigenvalue weighted by Crippen LogP contribution is -2.04. The molecule has 0 spiro atoms. The molecule has 0 aliphatic carbocycles. The number of anilines is 1. The molecule has 4 rings (SSSR count). The number of aromatic amines is 1. The predicted octanol–water partition coefficient (Wildman–Crippen LogP) is 3.19. The number of fused-ring (bicyclic) bond motifs is 2. The van der Waals surface area contributed by atoms with Gasteiger partial charge in [-0.15, -0.1) is 0 Å². The number of halogens is 1. The molecule has 2 N–H and O–H groups in total. The second-order valence-corrected chi connectivity index (χ2v) is 4.89. The Hall–Kier alpha value is -2.95. The van der Waals surface area contributed by atoms with Crippen LogP contribution in [0.15, 0.2) is 42.6 Å². The SMILES string of the molecule is O=C1Nc2c(F)cccc2C1=Cc1ccc2cn[nH]c2c1. The molecule has 2 aromatic carbocycles. The molecule has 0 atom stereocenters. The Morgan fingerprint density at radius 1 is 1.19 bits per heavy atom. The molecule has 1 amide bonds. The zero-order chi connectivity index (χ0) is 14.4. The first-order valence-corrected chi connectivity index (χ1v) is 6.47. The molecule has 0 unspecified atom stereocenters. The highest BCUT2D eigenvalue weighted by Gasteiger charge is 2.26. The molecule has 3 aromatic rings. The first kappa shape index (κ1) is 11.8. The van der Waals surface area contributed by atoms with E-state index in [1.54, 1.807) is 24.4 Å². The Morgan fingerprint density at radius 3 is 3.00 bits per heavy atom. The van der Waals surface area contributed by atoms with Gasteiger partial charge in [-0.1, -0.05) is 24.3 Å². The van der Waals surface area contributed by atoms with Crippen molar-refractivity contribution in [2.75, 3.05) is 5.32 Å². The fourth-order valence-electron chi connectivity index (χ4n) is 2.53. The van der Waals surface area contributed by atoms with E-state index in [0.717, 1.165) is 16.5 Å². The Balaban J connectivity index is 1.86. The van der Waals surface area contributed by atoms with Gasteiger partial charge in [0.25, 0.3) is 5.91 Å². The van der Waals surface area contributed by atoms with Crippen LogP contribution in [0.2, 0.25) is 0 Å². The molecule has 0 saturated heterocycles. The number of hydrogen-bond acceptors (Lipinski definition) is 2. The van der Waals surface area contributed by atoms with Gasteiger partial charge in [0.1, 0.15) is 5.82 Å². The van der Waals surface area contributed by atoms with E-state index in [0.29, 0.717) is 11.1 Å². The molecular weight excluding hydrogens is 269 g/mol. The van der Waals surface area contributed by atoms with Gasteiger partial charge >= 0.3 is 0 Å². The van der Waals surface area contributed by atoms with E-state index in [-0.39, 0.29) is 11.6 Å². The van der Waals surface area contributed by atoms with E-state index < -0.39 is 5.82 Å². The minimum atomic E-state index is -0.423. The maximum Gasteiger partial charge on any atom is 0.256 e. The van der Waals surface area contributed by atoms with Crippen LogP contribution in [0.5, 0.6) is 0 Å². The summed E-state index contributed by atoms with van der Waals surface area (Å²) in [6, 6.07) is 10.4. The minimum absolute atomic E-state index is 0.247. The minimum Gasteiger partial charge on any atom is -0.319 e. The van der Waals surface area contributed by atoms with E-state index in [1.165, 1.54) is 6.07 Å². The van der Waals surface area contributed by atoms with Crippen molar-refractivity contribution >= 4 is 34.1 Å². The van der Waals surface area contributed by atoms with E-state index in [2.05, 4.69) is 15.5 Å². The highest BCUT2D eigenvalue weighted by atomic mass is 19.1. The van der Waals surface area contributed by atoms with Gasteiger partial charge < -0.3 is 5.32 Å². The van der Waals surface area contributed by atoms with Crippen LogP contribution in [-0.2, 0) is 4.79 Å². The maximum atomic E-state index is 13.7. The molecule has 1 aliphatic rings. The van der Waals surface area contributed by atoms with Gasteiger partial charge in [-0.25, -0.2) is 4.39 Å². The molecule has 4 nitrogen and oxygen atoms in total. The lowest BCUT2D eigenvalue weighted by Gasteiger charge is -1.99. The van der Waals surface area contributed by atoms with Crippen molar-refractivity contribution in [3.8, 4) is 0 Å². The van der Waals surface area contributed by atoms with Crippen LogP contribution in [0.4, 0.5) is 10.1 Å². The number of carbonyl (C=O) groups is 1. The summed E-state index contributed by atoms with van der Waals surface area (Å²) in [5, 5.41) is 10.4. The lowest BCUT2D eigenvalue weighted by molar-refractivity contribution is -0.110. The monoisotopic (exact) mass is 279 g/mol. The fraction of sp³-hybridized carbons (Fsp3) is 0. The summed E-state index contributed by atoms with van der Waals surface area (Å²) in [5.74, 6) is -0.715. The zero-order valence-electron chi connectivity index (χ0n) is 10.9. The van der Waals surface area contributed by atoms with Gasteiger partial charge in [-0.2, -0.15) is 5.10 Å². The largest absolute Gasteiger partial charge is 0.319 e. The topological polar surface area (TPSA) is 57.8 Å². The first-order valence-electron chi connectivity index (χ1n) is 6.47. The summed E-state index contributed by atoms with van der Waals surface area (Å²) < 4.78 is 13.7. The molecule has 102 valence electrons. The third-order valence-corrected chi connectivity index (χ3v) is 3.56. The molecule has 0 bridgehead atoms. The molecule has 21 heavy (non-hydrogen) atoms. The maximum absolute atomic E-state index is 13.7. The van der Waals surface area contributed by atoms with Crippen LogP contribution in [0.25, 0.3) is 22.6 Å². The average Bonchev–Trinajstić information content (AvgIpc) is 3.05. The third kappa shape index (κ3) is 1.82. The van der Waals surface area contributed by atoms with Crippen molar-refractivity contribution in [3.05, 3.63) is 59.5 Å². The van der Waals surface area contributed by atoms with Crippen LogP contribution in [-0.4, -0.2) is 16.1 Å². The molecular formula is C16H10FN3O. The fourth-order valence-corrected chi connectivity index (χ4v) is 2.53. The summed E-state index contributed by atoms with van der Waals surface area (Å²) in [6.07, 6.45) is 3.49. The summed E-state index contributed by atoms with van der Waals surface area (Å²) in [4.78, 5) is 12.0. The number of carbonyl (C=O) groups excluding carboxylic acids is 1. The number of benzene rings is 2. The summed E-state index contributed by atoms with van der Waals surface area (Å²) in [5.41, 5.74) is 3.04. The van der Waals surface area contributed by atoms with Crippen molar-refractivity contribution in [2.24, 2.45) is 0 Å². The second-order valence-electron chi connectivity index (χ2n) is 4.89. The first-order chi connectivity index (χ1) is 10.2. The molecule has 0 radical (unpaired) electrons. The van der Waals surface area contributed by atoms with Crippen LogP contribution in [0, 0.1) is 5.82 Å². The summed E-state index contributed by atoms with van der Waals surface area (Å²) in [7, 11) is 0. The molecule has 5 heteroatoms. The summed E-state index contributed by atoms with van der Waals surface area (Å²) >= 11 is 0. The molecule has 1 aliphatic heterocycles. The smallest absolute Gasteiger partial charge is 0.256 e. The van der Waals surface area contributed by atoms with Gasteiger partial charge in [0, 0.05) is 16.5 Å². The number of hydrogen-bond donors (Lipinski definition) is 2. The van der Waals surface area contributed by atoms with Gasteiger partial charge in [0.05, 0.1) is 17.4 Å². The van der Waals surface area contributed by atoms with E-state index in [9.17, 15) is 9.18 Å². The average molecular weight is 279 g/mol. The van der Waals surface area contributed by atoms with Gasteiger partial charge in [-0.3, -0.25) is 9.89 Å². The molecule has 2 heterocycles. The summed E-state index contributed by atoms with van der Waals surface area (Å²) in [6.45, 7) is 0. The Kier molecular flexibility index (Phi) is 2.41. The van der Waals surface area contributed by atoms with Crippen molar-refractivity contribution in [3.63, 3.8) is 0 Å². The number of amides is 1. The van der Waals surface area contributed by atoms with Crippen molar-refractivity contribution in [1.82, 2.24) is 10.2 Å². The van der Waals surface area contributed by atoms with E-state index >= 15 is 0 Å². The highest BCUT2D eigenvalue weighted by Crippen LogP contribution is 2.34. The van der Waals surface area contributed by atoms with Crippen molar-refractivity contribution in [2.45, 2.75) is 0 Å². The lowest BCUT2D eigenvalue weighted by atomic mass is 10.0. The van der Waals surface area contributed by atoms with Gasteiger partial charge in [-0.05, 0) is 23.8 Å². The Labute approximate surface area is 119 Å². The molecule has 1 aromatic heterocycles. The van der Waals surface area contributed by atoms with Gasteiger partial charge in [0.2, 0.25) is 0 Å². The van der Waals surface area contributed by atoms with Crippen molar-refractivity contribution in [1.29, 1.82) is 0 Å². The Morgan fingerprint density at radius 2 is 2.10 bits per heavy atom. The van der Waals surface area contributed by atoms with E-state index in [4.69, 9.17) is 0 Å². The highest BCUT2D eigenvalue weighted by molar-refractivity contribution is 6.35. The van der Waals surface area contributed by atoms with E-state index in [1.807, 2.05) is 18.2 Å². The van der Waals surface area contributed by atoms with Crippen LogP contribution in [0.1, 0.15) is 11.1 Å². The normalized spacial score (nSPS) is 15.5. The molecule has 0 saturated carbocycles. The number of para-hydroxylation sites is 1. The standard InChI is InChI=1S/C16H10FN3O/c17-13-3-1-2-11-12(16(21)19-15(11)13)6-9-4-5-10-8-18-20-14(10)7-9/h1-8H,(H,18,20)(H,19,21). The van der Waals surface area contributed by atoms with Crippen LogP contribution >= 0.6 is 0 Å². The second kappa shape index (κ2) is 4.28. The Bertz CT molecular complexity index is 911. The third-order valence-electron chi connectivity index (χ3n) is 3.56. The van der Waals surface area contributed by atoms with Gasteiger partial charge in [0.15, 0.2) is 0 Å².